The molecule has 27 heavy (non-hydrogen) atoms. The maximum atomic E-state index is 12.4. The average molecular weight is 384 g/mol. The minimum absolute atomic E-state index is 0.0892. The Morgan fingerprint density at radius 1 is 1.33 bits per heavy atom. The van der Waals surface area contributed by atoms with Crippen LogP contribution in [0.25, 0.3) is 16.8 Å². The first-order valence-electron chi connectivity index (χ1n) is 9.59. The van der Waals surface area contributed by atoms with E-state index in [1.807, 2.05) is 35.7 Å². The van der Waals surface area contributed by atoms with Crippen LogP contribution in [-0.4, -0.2) is 33.9 Å². The zero-order chi connectivity index (χ0) is 19.0. The lowest BCUT2D eigenvalue weighted by Crippen LogP contribution is -2.29. The second-order valence-corrected chi connectivity index (χ2v) is 9.80. The lowest BCUT2D eigenvalue weighted by atomic mass is 10.1. The van der Waals surface area contributed by atoms with Gasteiger partial charge < -0.3 is 14.1 Å². The SMILES string of the molecule is CC[Si@@H](O)c1ccc(OC2CCCC2)c(-c2cn(C)c(=O)c3cncn23)c1. The third-order valence-electron chi connectivity index (χ3n) is 5.40. The molecule has 2 aromatic heterocycles. The third-order valence-corrected chi connectivity index (χ3v) is 7.30. The lowest BCUT2D eigenvalue weighted by Gasteiger charge is -2.19. The number of fused-ring (bicyclic) bond motifs is 1. The van der Waals surface area contributed by atoms with E-state index in [1.165, 1.54) is 12.8 Å². The predicted molar refractivity (Wildman–Crippen MR) is 108 cm³/mol. The second-order valence-electron chi connectivity index (χ2n) is 7.28. The Morgan fingerprint density at radius 3 is 2.85 bits per heavy atom. The van der Waals surface area contributed by atoms with Gasteiger partial charge in [0, 0.05) is 18.8 Å². The minimum atomic E-state index is -1.97. The Labute approximate surface area is 159 Å². The van der Waals surface area contributed by atoms with E-state index in [4.69, 9.17) is 4.74 Å². The quantitative estimate of drug-likeness (QED) is 0.684. The van der Waals surface area contributed by atoms with Crippen molar-refractivity contribution in [2.75, 3.05) is 0 Å². The molecule has 7 heteroatoms. The molecule has 1 aliphatic rings. The van der Waals surface area contributed by atoms with E-state index in [0.29, 0.717) is 5.52 Å². The summed E-state index contributed by atoms with van der Waals surface area (Å²) in [5, 5.41) is 0.980. The monoisotopic (exact) mass is 383 g/mol. The number of hydrogen-bond donors (Lipinski definition) is 1. The molecule has 3 aromatic rings. The number of aromatic nitrogens is 3. The summed E-state index contributed by atoms with van der Waals surface area (Å²) in [5.41, 5.74) is 2.18. The fourth-order valence-electron chi connectivity index (χ4n) is 3.81. The van der Waals surface area contributed by atoms with E-state index in [2.05, 4.69) is 4.98 Å². The van der Waals surface area contributed by atoms with Gasteiger partial charge in [-0.1, -0.05) is 13.0 Å². The van der Waals surface area contributed by atoms with Crippen LogP contribution in [0.4, 0.5) is 0 Å². The van der Waals surface area contributed by atoms with Gasteiger partial charge in [-0.25, -0.2) is 4.98 Å². The minimum Gasteiger partial charge on any atom is -0.490 e. The van der Waals surface area contributed by atoms with Crippen molar-refractivity contribution in [3.8, 4) is 17.0 Å². The zero-order valence-electron chi connectivity index (χ0n) is 15.8. The van der Waals surface area contributed by atoms with Gasteiger partial charge >= 0.3 is 0 Å². The maximum Gasteiger partial charge on any atom is 0.276 e. The number of ether oxygens (including phenoxy) is 1. The van der Waals surface area contributed by atoms with Crippen molar-refractivity contribution in [1.82, 2.24) is 14.0 Å². The van der Waals surface area contributed by atoms with Crippen molar-refractivity contribution >= 4 is 19.7 Å². The van der Waals surface area contributed by atoms with Gasteiger partial charge in [0.2, 0.25) is 9.04 Å². The standard InChI is InChI=1S/C20H25N3O3Si/c1-3-27(25)15-8-9-19(26-14-6-4-5-7-14)16(10-15)18-12-22(2)20(24)17-11-21-13-23(17)18/h8-14,25,27H,3-7H2,1-2H3/t27-/m1/s1. The normalized spacial score (nSPS) is 16.1. The summed E-state index contributed by atoms with van der Waals surface area (Å²) in [5.74, 6) is 0.802. The van der Waals surface area contributed by atoms with E-state index in [0.717, 1.165) is 41.1 Å². The van der Waals surface area contributed by atoms with Crippen LogP contribution in [0.1, 0.15) is 32.6 Å². The fraction of sp³-hybridized carbons (Fsp3) is 0.400. The van der Waals surface area contributed by atoms with Gasteiger partial charge in [-0.05, 0) is 49.0 Å². The predicted octanol–water partition coefficient (Wildman–Crippen LogP) is 1.96. The molecule has 0 aliphatic heterocycles. The molecule has 0 amide bonds. The van der Waals surface area contributed by atoms with E-state index in [9.17, 15) is 9.59 Å². The number of aryl methyl sites for hydroxylation is 1. The van der Waals surface area contributed by atoms with Crippen LogP contribution in [-0.2, 0) is 7.05 Å². The molecule has 6 nitrogen and oxygen atoms in total. The van der Waals surface area contributed by atoms with Gasteiger partial charge in [-0.3, -0.25) is 9.20 Å². The highest BCUT2D eigenvalue weighted by Crippen LogP contribution is 2.32. The van der Waals surface area contributed by atoms with Gasteiger partial charge in [0.15, 0.2) is 0 Å². The second kappa shape index (κ2) is 7.32. The number of rotatable bonds is 5. The summed E-state index contributed by atoms with van der Waals surface area (Å²) < 4.78 is 9.72. The zero-order valence-corrected chi connectivity index (χ0v) is 16.9. The summed E-state index contributed by atoms with van der Waals surface area (Å²) >= 11 is 0. The molecule has 1 saturated carbocycles. The summed E-state index contributed by atoms with van der Waals surface area (Å²) in [7, 11) is -0.222. The highest BCUT2D eigenvalue weighted by atomic mass is 28.3. The Morgan fingerprint density at radius 2 is 2.11 bits per heavy atom. The average Bonchev–Trinajstić information content (AvgIpc) is 3.36. The van der Waals surface area contributed by atoms with E-state index in [-0.39, 0.29) is 11.7 Å². The van der Waals surface area contributed by atoms with E-state index >= 15 is 0 Å². The largest absolute Gasteiger partial charge is 0.490 e. The number of benzene rings is 1. The van der Waals surface area contributed by atoms with Crippen LogP contribution in [0.2, 0.25) is 6.04 Å². The number of hydrogen-bond acceptors (Lipinski definition) is 4. The summed E-state index contributed by atoms with van der Waals surface area (Å²) in [6.45, 7) is 2.01. The van der Waals surface area contributed by atoms with Gasteiger partial charge in [0.25, 0.3) is 5.56 Å². The Balaban J connectivity index is 1.90. The smallest absolute Gasteiger partial charge is 0.276 e. The molecule has 0 radical (unpaired) electrons. The fourth-order valence-corrected chi connectivity index (χ4v) is 4.96. The van der Waals surface area contributed by atoms with Gasteiger partial charge in [-0.15, -0.1) is 0 Å². The van der Waals surface area contributed by atoms with E-state index < -0.39 is 9.04 Å². The Bertz CT molecular complexity index is 1020. The van der Waals surface area contributed by atoms with Crippen LogP contribution in [0.3, 0.4) is 0 Å². The molecular weight excluding hydrogens is 358 g/mol. The summed E-state index contributed by atoms with van der Waals surface area (Å²) in [4.78, 5) is 27.0. The molecule has 142 valence electrons. The molecule has 0 unspecified atom stereocenters. The van der Waals surface area contributed by atoms with Gasteiger partial charge in [0.05, 0.1) is 24.3 Å². The van der Waals surface area contributed by atoms with Crippen molar-refractivity contribution in [2.24, 2.45) is 7.05 Å². The van der Waals surface area contributed by atoms with E-state index in [1.54, 1.807) is 24.1 Å². The molecule has 1 aromatic carbocycles. The molecule has 1 N–H and O–H groups in total. The van der Waals surface area contributed by atoms with Crippen molar-refractivity contribution < 1.29 is 9.53 Å². The number of imidazole rings is 1. The topological polar surface area (TPSA) is 68.8 Å². The molecule has 1 atom stereocenters. The molecule has 0 spiro atoms. The van der Waals surface area contributed by atoms with Crippen molar-refractivity contribution in [3.05, 3.63) is 47.3 Å². The van der Waals surface area contributed by atoms with Crippen LogP contribution >= 0.6 is 0 Å². The van der Waals surface area contributed by atoms with Crippen LogP contribution in [0.5, 0.6) is 5.75 Å². The van der Waals surface area contributed by atoms with Crippen molar-refractivity contribution in [2.45, 2.75) is 44.8 Å². The molecular formula is C20H25N3O3Si. The molecule has 2 heterocycles. The lowest BCUT2D eigenvalue weighted by molar-refractivity contribution is 0.211. The number of nitrogens with zero attached hydrogens (tertiary/aromatic N) is 3. The molecule has 0 bridgehead atoms. The molecule has 1 fully saturated rings. The molecule has 0 saturated heterocycles. The Hall–Kier alpha value is -2.38. The van der Waals surface area contributed by atoms with Crippen LogP contribution in [0, 0.1) is 0 Å². The molecule has 4 rings (SSSR count). The van der Waals surface area contributed by atoms with Gasteiger partial charge in [0.1, 0.15) is 11.3 Å². The van der Waals surface area contributed by atoms with Crippen LogP contribution < -0.4 is 15.5 Å². The van der Waals surface area contributed by atoms with Crippen molar-refractivity contribution in [1.29, 1.82) is 0 Å². The first-order valence-corrected chi connectivity index (χ1v) is 11.5. The maximum absolute atomic E-state index is 12.4. The Kier molecular flexibility index (Phi) is 4.88. The highest BCUT2D eigenvalue weighted by Gasteiger charge is 2.21. The van der Waals surface area contributed by atoms with Gasteiger partial charge in [-0.2, -0.15) is 0 Å². The summed E-state index contributed by atoms with van der Waals surface area (Å²) in [6.07, 6.45) is 9.83. The first-order chi connectivity index (χ1) is 13.1. The third kappa shape index (κ3) is 3.32. The van der Waals surface area contributed by atoms with Crippen LogP contribution in [0.15, 0.2) is 41.7 Å². The first kappa shape index (κ1) is 18.0. The summed E-state index contributed by atoms with van der Waals surface area (Å²) in [6, 6.07) is 6.77. The molecule has 1 aliphatic carbocycles. The van der Waals surface area contributed by atoms with Crippen molar-refractivity contribution in [3.63, 3.8) is 0 Å². The highest BCUT2D eigenvalue weighted by molar-refractivity contribution is 6.66.